The van der Waals surface area contributed by atoms with E-state index in [4.69, 9.17) is 4.74 Å². The van der Waals surface area contributed by atoms with Gasteiger partial charge >= 0.3 is 0 Å². The first-order valence-electron chi connectivity index (χ1n) is 5.83. The molecule has 0 saturated heterocycles. The van der Waals surface area contributed by atoms with Crippen LogP contribution in [0.2, 0.25) is 0 Å². The van der Waals surface area contributed by atoms with E-state index in [2.05, 4.69) is 10.3 Å². The molecule has 0 amide bonds. The number of benzene rings is 1. The topological polar surface area (TPSA) is 54.4 Å². The van der Waals surface area contributed by atoms with Crippen LogP contribution in [0.15, 0.2) is 30.3 Å². The Bertz CT molecular complexity index is 588. The highest BCUT2D eigenvalue weighted by Crippen LogP contribution is 2.22. The first kappa shape index (κ1) is 13.1. The zero-order valence-corrected chi connectivity index (χ0v) is 10.8. The van der Waals surface area contributed by atoms with Crippen LogP contribution in [0, 0.1) is 12.7 Å². The minimum atomic E-state index is -0.412. The minimum absolute atomic E-state index is 0.132. The van der Waals surface area contributed by atoms with Gasteiger partial charge in [-0.15, -0.1) is 0 Å². The van der Waals surface area contributed by atoms with Crippen molar-refractivity contribution >= 4 is 5.69 Å². The zero-order valence-electron chi connectivity index (χ0n) is 10.8. The predicted octanol–water partition coefficient (Wildman–Crippen LogP) is 2.86. The number of pyridine rings is 1. The fourth-order valence-corrected chi connectivity index (χ4v) is 1.69. The highest BCUT2D eigenvalue weighted by molar-refractivity contribution is 5.49. The number of anilines is 1. The van der Waals surface area contributed by atoms with Gasteiger partial charge in [0.1, 0.15) is 11.4 Å². The number of aromatic hydroxyl groups is 1. The van der Waals surface area contributed by atoms with Crippen molar-refractivity contribution in [1.29, 1.82) is 0 Å². The van der Waals surface area contributed by atoms with Crippen molar-refractivity contribution in [2.24, 2.45) is 0 Å². The molecule has 4 nitrogen and oxygen atoms in total. The molecule has 0 fully saturated rings. The molecular weight excluding hydrogens is 247 g/mol. The molecule has 1 heterocycles. The van der Waals surface area contributed by atoms with Crippen molar-refractivity contribution in [1.82, 2.24) is 4.98 Å². The number of aromatic nitrogens is 1. The smallest absolute Gasteiger partial charge is 0.165 e. The van der Waals surface area contributed by atoms with Crippen molar-refractivity contribution in [2.45, 2.75) is 13.5 Å². The fourth-order valence-electron chi connectivity index (χ4n) is 1.69. The van der Waals surface area contributed by atoms with Gasteiger partial charge in [0.2, 0.25) is 0 Å². The minimum Gasteiger partial charge on any atom is -0.506 e. The van der Waals surface area contributed by atoms with Crippen LogP contribution in [-0.4, -0.2) is 17.2 Å². The van der Waals surface area contributed by atoms with Gasteiger partial charge < -0.3 is 15.2 Å². The molecule has 0 spiro atoms. The van der Waals surface area contributed by atoms with E-state index in [0.717, 1.165) is 5.69 Å². The lowest BCUT2D eigenvalue weighted by Gasteiger charge is -2.10. The van der Waals surface area contributed by atoms with Crippen molar-refractivity contribution in [2.75, 3.05) is 12.4 Å². The van der Waals surface area contributed by atoms with E-state index < -0.39 is 5.82 Å². The lowest BCUT2D eigenvalue weighted by atomic mass is 10.2. The number of hydrogen-bond donors (Lipinski definition) is 2. The summed E-state index contributed by atoms with van der Waals surface area (Å²) >= 11 is 0. The Morgan fingerprint density at radius 2 is 2.11 bits per heavy atom. The van der Waals surface area contributed by atoms with Crippen molar-refractivity contribution in [3.63, 3.8) is 0 Å². The molecule has 19 heavy (non-hydrogen) atoms. The molecule has 0 aliphatic rings. The van der Waals surface area contributed by atoms with E-state index in [1.807, 2.05) is 6.92 Å². The van der Waals surface area contributed by atoms with Crippen molar-refractivity contribution < 1.29 is 14.2 Å². The van der Waals surface area contributed by atoms with Crippen LogP contribution in [0.5, 0.6) is 11.5 Å². The van der Waals surface area contributed by atoms with Crippen LogP contribution < -0.4 is 10.1 Å². The van der Waals surface area contributed by atoms with E-state index in [0.29, 0.717) is 17.9 Å². The summed E-state index contributed by atoms with van der Waals surface area (Å²) in [5.74, 6) is -0.108. The molecule has 0 atom stereocenters. The maximum absolute atomic E-state index is 13.2. The maximum Gasteiger partial charge on any atom is 0.165 e. The average Bonchev–Trinajstić information content (AvgIpc) is 2.41. The van der Waals surface area contributed by atoms with Gasteiger partial charge in [0.25, 0.3) is 0 Å². The van der Waals surface area contributed by atoms with Crippen LogP contribution in [0.1, 0.15) is 11.4 Å². The molecule has 2 aromatic rings. The van der Waals surface area contributed by atoms with Crippen LogP contribution in [0.4, 0.5) is 10.1 Å². The molecule has 0 unspecified atom stereocenters. The van der Waals surface area contributed by atoms with Gasteiger partial charge in [-0.25, -0.2) is 4.39 Å². The molecule has 2 rings (SSSR count). The summed E-state index contributed by atoms with van der Waals surface area (Å²) in [6, 6.07) is 7.82. The van der Waals surface area contributed by atoms with E-state index in [1.165, 1.54) is 13.2 Å². The third-order valence-electron chi connectivity index (χ3n) is 2.70. The third kappa shape index (κ3) is 3.13. The molecule has 0 aliphatic heterocycles. The number of aryl methyl sites for hydroxylation is 1. The summed E-state index contributed by atoms with van der Waals surface area (Å²) in [6.07, 6.45) is 0. The number of halogens is 1. The van der Waals surface area contributed by atoms with E-state index in [1.54, 1.807) is 24.3 Å². The first-order valence-corrected chi connectivity index (χ1v) is 5.83. The number of hydrogen-bond acceptors (Lipinski definition) is 4. The van der Waals surface area contributed by atoms with Gasteiger partial charge in [-0.05, 0) is 31.2 Å². The predicted molar refractivity (Wildman–Crippen MR) is 70.9 cm³/mol. The number of nitrogens with one attached hydrogen (secondary N) is 1. The van der Waals surface area contributed by atoms with E-state index in [9.17, 15) is 9.50 Å². The summed E-state index contributed by atoms with van der Waals surface area (Å²) in [4.78, 5) is 4.23. The second-order valence-electron chi connectivity index (χ2n) is 4.12. The normalized spacial score (nSPS) is 10.3. The Balaban J connectivity index is 2.12. The molecule has 5 heteroatoms. The van der Waals surface area contributed by atoms with Gasteiger partial charge in [-0.2, -0.15) is 0 Å². The Morgan fingerprint density at radius 3 is 2.84 bits per heavy atom. The maximum atomic E-state index is 13.2. The number of methoxy groups -OCH3 is 1. The molecule has 0 saturated carbocycles. The fraction of sp³-hybridized carbons (Fsp3) is 0.214. The van der Waals surface area contributed by atoms with Gasteiger partial charge in [-0.1, -0.05) is 0 Å². The largest absolute Gasteiger partial charge is 0.506 e. The summed E-state index contributed by atoms with van der Waals surface area (Å²) < 4.78 is 18.1. The lowest BCUT2D eigenvalue weighted by molar-refractivity contribution is 0.387. The zero-order chi connectivity index (χ0) is 13.8. The van der Waals surface area contributed by atoms with Gasteiger partial charge in [0.05, 0.1) is 13.7 Å². The second-order valence-corrected chi connectivity index (χ2v) is 4.12. The van der Waals surface area contributed by atoms with Gasteiger partial charge in [0, 0.05) is 17.4 Å². The number of rotatable bonds is 4. The summed E-state index contributed by atoms with van der Waals surface area (Å²) in [7, 11) is 1.41. The molecule has 0 radical (unpaired) electrons. The highest BCUT2D eigenvalue weighted by Gasteiger charge is 2.06. The molecular formula is C14H15FN2O2. The lowest BCUT2D eigenvalue weighted by Crippen LogP contribution is -2.03. The summed E-state index contributed by atoms with van der Waals surface area (Å²) in [5.41, 5.74) is 2.07. The summed E-state index contributed by atoms with van der Waals surface area (Å²) in [5, 5.41) is 12.7. The Morgan fingerprint density at radius 1 is 1.32 bits per heavy atom. The van der Waals surface area contributed by atoms with E-state index >= 15 is 0 Å². The third-order valence-corrected chi connectivity index (χ3v) is 2.70. The van der Waals surface area contributed by atoms with Gasteiger partial charge in [-0.3, -0.25) is 4.98 Å². The molecule has 2 N–H and O–H groups in total. The average molecular weight is 262 g/mol. The molecule has 0 bridgehead atoms. The first-order chi connectivity index (χ1) is 9.10. The van der Waals surface area contributed by atoms with Crippen LogP contribution in [0.25, 0.3) is 0 Å². The summed E-state index contributed by atoms with van der Waals surface area (Å²) in [6.45, 7) is 2.20. The number of nitrogens with zero attached hydrogens (tertiary/aromatic N) is 1. The van der Waals surface area contributed by atoms with Gasteiger partial charge in [0.15, 0.2) is 11.6 Å². The Labute approximate surface area is 110 Å². The van der Waals surface area contributed by atoms with Crippen LogP contribution >= 0.6 is 0 Å². The van der Waals surface area contributed by atoms with Crippen LogP contribution in [0.3, 0.4) is 0 Å². The van der Waals surface area contributed by atoms with E-state index in [-0.39, 0.29) is 11.5 Å². The molecule has 0 aliphatic carbocycles. The standard InChI is InChI=1S/C14H15FN2O2/c1-9-3-6-13(18)12(17-9)8-16-10-4-5-11(15)14(7-10)19-2/h3-7,16,18H,8H2,1-2H3. The Kier molecular flexibility index (Phi) is 3.85. The second kappa shape index (κ2) is 5.56. The molecule has 100 valence electrons. The SMILES string of the molecule is COc1cc(NCc2nc(C)ccc2O)ccc1F. The molecule has 1 aromatic heterocycles. The Hall–Kier alpha value is -2.30. The monoisotopic (exact) mass is 262 g/mol. The van der Waals surface area contributed by atoms with Crippen molar-refractivity contribution in [3.8, 4) is 11.5 Å². The number of ether oxygens (including phenoxy) is 1. The quantitative estimate of drug-likeness (QED) is 0.889. The van der Waals surface area contributed by atoms with Crippen LogP contribution in [-0.2, 0) is 6.54 Å². The molecule has 1 aromatic carbocycles. The van der Waals surface area contributed by atoms with Crippen molar-refractivity contribution in [3.05, 3.63) is 47.5 Å². The highest BCUT2D eigenvalue weighted by atomic mass is 19.1.